The summed E-state index contributed by atoms with van der Waals surface area (Å²) in [4.78, 5) is 29.4. The van der Waals surface area contributed by atoms with Gasteiger partial charge in [0.05, 0.1) is 40.9 Å². The van der Waals surface area contributed by atoms with Crippen LogP contribution in [0.5, 0.6) is 0 Å². The van der Waals surface area contributed by atoms with Gasteiger partial charge in [-0.05, 0) is 43.1 Å². The first-order valence-electron chi connectivity index (χ1n) is 13.2. The number of nitrogens with zero attached hydrogens (tertiary/aromatic N) is 2. The van der Waals surface area contributed by atoms with E-state index in [1.54, 1.807) is 12.1 Å². The predicted molar refractivity (Wildman–Crippen MR) is 143 cm³/mol. The largest absolute Gasteiger partial charge is 0.417 e. The van der Waals surface area contributed by atoms with Crippen LogP contribution in [0, 0.1) is 23.2 Å². The molecule has 37 heavy (non-hydrogen) atoms. The van der Waals surface area contributed by atoms with Crippen LogP contribution in [-0.2, 0) is 18.8 Å². The van der Waals surface area contributed by atoms with Crippen LogP contribution in [0.3, 0.4) is 0 Å². The Labute approximate surface area is 219 Å². The SMILES string of the molecule is CCC12OC(CCO[Si](C)(C)C(C)(C)C)(CC1O)C1C(=O)N(c3ccc(C#N)c4ccccc34)C(=O)C12. The Morgan fingerprint density at radius 2 is 1.78 bits per heavy atom. The minimum atomic E-state index is -2.03. The molecule has 5 unspecified atom stereocenters. The van der Waals surface area contributed by atoms with Crippen LogP contribution < -0.4 is 4.90 Å². The molecule has 1 N–H and O–H groups in total. The van der Waals surface area contributed by atoms with Crippen LogP contribution >= 0.6 is 0 Å². The maximum absolute atomic E-state index is 14.1. The lowest BCUT2D eigenvalue weighted by atomic mass is 9.64. The Hall–Kier alpha value is -2.57. The molecule has 5 rings (SSSR count). The average molecular weight is 521 g/mol. The number of carbonyl (C=O) groups is 2. The summed E-state index contributed by atoms with van der Waals surface area (Å²) in [6.07, 6.45) is 0.354. The van der Waals surface area contributed by atoms with E-state index in [1.165, 1.54) is 4.90 Å². The van der Waals surface area contributed by atoms with E-state index in [0.29, 0.717) is 47.9 Å². The van der Waals surface area contributed by atoms with Gasteiger partial charge in [-0.3, -0.25) is 9.59 Å². The van der Waals surface area contributed by atoms with Crippen molar-refractivity contribution in [3.05, 3.63) is 42.0 Å². The lowest BCUT2D eigenvalue weighted by molar-refractivity contribution is -0.137. The monoisotopic (exact) mass is 520 g/mol. The van der Waals surface area contributed by atoms with Gasteiger partial charge in [0.15, 0.2) is 8.32 Å². The molecule has 3 aliphatic heterocycles. The molecule has 0 aliphatic carbocycles. The predicted octanol–water partition coefficient (Wildman–Crippen LogP) is 4.91. The zero-order valence-corrected chi connectivity index (χ0v) is 23.5. The highest BCUT2D eigenvalue weighted by molar-refractivity contribution is 6.74. The molecule has 3 saturated heterocycles. The highest BCUT2D eigenvalue weighted by Gasteiger charge is 2.77. The molecule has 8 heteroatoms. The first kappa shape index (κ1) is 26.1. The molecule has 0 radical (unpaired) electrons. The van der Waals surface area contributed by atoms with E-state index in [9.17, 15) is 20.0 Å². The summed E-state index contributed by atoms with van der Waals surface area (Å²) in [5.41, 5.74) is -1.08. The molecule has 7 nitrogen and oxygen atoms in total. The van der Waals surface area contributed by atoms with Gasteiger partial charge in [0.1, 0.15) is 5.60 Å². The summed E-state index contributed by atoms with van der Waals surface area (Å²) in [6.45, 7) is 13.2. The summed E-state index contributed by atoms with van der Waals surface area (Å²) >= 11 is 0. The molecule has 0 spiro atoms. The van der Waals surface area contributed by atoms with Gasteiger partial charge in [0, 0.05) is 23.8 Å². The Morgan fingerprint density at radius 3 is 2.41 bits per heavy atom. The number of anilines is 1. The van der Waals surface area contributed by atoms with Crippen LogP contribution in [0.15, 0.2) is 36.4 Å². The quantitative estimate of drug-likeness (QED) is 0.429. The van der Waals surface area contributed by atoms with Crippen molar-refractivity contribution in [1.82, 2.24) is 0 Å². The van der Waals surface area contributed by atoms with Crippen LogP contribution in [0.25, 0.3) is 10.8 Å². The van der Waals surface area contributed by atoms with Crippen molar-refractivity contribution in [3.8, 4) is 6.07 Å². The maximum atomic E-state index is 14.1. The molecule has 196 valence electrons. The van der Waals surface area contributed by atoms with Gasteiger partial charge < -0.3 is 14.3 Å². The summed E-state index contributed by atoms with van der Waals surface area (Å²) in [7, 11) is -2.03. The van der Waals surface area contributed by atoms with E-state index in [4.69, 9.17) is 9.16 Å². The zero-order valence-electron chi connectivity index (χ0n) is 22.5. The van der Waals surface area contributed by atoms with E-state index >= 15 is 0 Å². The van der Waals surface area contributed by atoms with Crippen LogP contribution in [-0.4, -0.2) is 49.2 Å². The number of hydrogen-bond donors (Lipinski definition) is 1. The summed E-state index contributed by atoms with van der Waals surface area (Å²) < 4.78 is 13.0. The third-order valence-corrected chi connectivity index (χ3v) is 14.0. The molecule has 3 aliphatic rings. The number of benzene rings is 2. The second kappa shape index (κ2) is 8.47. The fourth-order valence-electron chi connectivity index (χ4n) is 6.49. The Balaban J connectivity index is 1.54. The van der Waals surface area contributed by atoms with E-state index in [0.717, 1.165) is 0 Å². The average Bonchev–Trinajstić information content (AvgIpc) is 3.40. The molecule has 0 saturated carbocycles. The lowest BCUT2D eigenvalue weighted by Gasteiger charge is -2.38. The number of carbonyl (C=O) groups excluding carboxylic acids is 2. The fraction of sp³-hybridized carbons (Fsp3) is 0.552. The van der Waals surface area contributed by atoms with E-state index in [1.807, 2.05) is 31.2 Å². The molecule has 3 fully saturated rings. The molecule has 0 aromatic heterocycles. The highest BCUT2D eigenvalue weighted by Crippen LogP contribution is 2.63. The number of nitriles is 1. The summed E-state index contributed by atoms with van der Waals surface area (Å²) in [5, 5.41) is 22.2. The van der Waals surface area contributed by atoms with E-state index in [-0.39, 0.29) is 16.9 Å². The van der Waals surface area contributed by atoms with Crippen LogP contribution in [0.4, 0.5) is 5.69 Å². The molecule has 3 heterocycles. The van der Waals surface area contributed by atoms with Crippen molar-refractivity contribution >= 4 is 36.6 Å². The van der Waals surface area contributed by atoms with Crippen LogP contribution in [0.1, 0.15) is 52.5 Å². The summed E-state index contributed by atoms with van der Waals surface area (Å²) in [5.74, 6) is -2.06. The fourth-order valence-corrected chi connectivity index (χ4v) is 7.53. The molecular weight excluding hydrogens is 484 g/mol. The van der Waals surface area contributed by atoms with Crippen molar-refractivity contribution in [3.63, 3.8) is 0 Å². The molecule has 2 amide bonds. The zero-order chi connectivity index (χ0) is 27.0. The molecule has 2 bridgehead atoms. The van der Waals surface area contributed by atoms with Gasteiger partial charge in [-0.1, -0.05) is 52.0 Å². The number of aliphatic hydroxyl groups excluding tert-OH is 1. The highest BCUT2D eigenvalue weighted by atomic mass is 28.4. The van der Waals surface area contributed by atoms with Crippen molar-refractivity contribution in [2.45, 2.75) is 82.4 Å². The first-order chi connectivity index (χ1) is 17.3. The normalized spacial score (nSPS) is 31.3. The van der Waals surface area contributed by atoms with Gasteiger partial charge in [-0.25, -0.2) is 4.90 Å². The number of amides is 2. The second-order valence-corrected chi connectivity index (χ2v) is 17.1. The van der Waals surface area contributed by atoms with Crippen molar-refractivity contribution in [1.29, 1.82) is 5.26 Å². The molecule has 5 atom stereocenters. The molecular formula is C29H36N2O5Si. The number of imide groups is 1. The summed E-state index contributed by atoms with van der Waals surface area (Å²) in [6, 6.07) is 12.9. The number of hydrogen-bond acceptors (Lipinski definition) is 6. The van der Waals surface area contributed by atoms with Crippen molar-refractivity contribution < 1.29 is 23.9 Å². The van der Waals surface area contributed by atoms with Gasteiger partial charge in [0.25, 0.3) is 0 Å². The van der Waals surface area contributed by atoms with Gasteiger partial charge in [-0.15, -0.1) is 0 Å². The van der Waals surface area contributed by atoms with E-state index < -0.39 is 37.5 Å². The van der Waals surface area contributed by atoms with E-state index in [2.05, 4.69) is 39.9 Å². The molecule has 2 aromatic rings. The third kappa shape index (κ3) is 3.55. The third-order valence-electron chi connectivity index (χ3n) is 9.50. The lowest BCUT2D eigenvalue weighted by Crippen LogP contribution is -2.51. The minimum absolute atomic E-state index is 0.0404. The topological polar surface area (TPSA) is 99.9 Å². The Morgan fingerprint density at radius 1 is 1.14 bits per heavy atom. The first-order valence-corrected chi connectivity index (χ1v) is 16.1. The smallest absolute Gasteiger partial charge is 0.240 e. The number of rotatable bonds is 6. The van der Waals surface area contributed by atoms with Crippen molar-refractivity contribution in [2.24, 2.45) is 11.8 Å². The Bertz CT molecular complexity index is 1330. The van der Waals surface area contributed by atoms with Crippen LogP contribution in [0.2, 0.25) is 18.1 Å². The van der Waals surface area contributed by atoms with Gasteiger partial charge in [-0.2, -0.15) is 5.26 Å². The number of aliphatic hydroxyl groups is 1. The van der Waals surface area contributed by atoms with Gasteiger partial charge >= 0.3 is 0 Å². The number of fused-ring (bicyclic) bond motifs is 6. The Kier molecular flexibility index (Phi) is 5.96. The van der Waals surface area contributed by atoms with Crippen molar-refractivity contribution in [2.75, 3.05) is 11.5 Å². The maximum Gasteiger partial charge on any atom is 0.240 e. The minimum Gasteiger partial charge on any atom is -0.417 e. The second-order valence-electron chi connectivity index (χ2n) is 12.3. The molecule has 2 aromatic carbocycles. The standard InChI is InChI=1S/C29H36N2O5Si/c1-7-29-22(32)16-28(36-29,14-15-35-37(5,6)27(2,3)4)23-24(29)26(34)31(25(23)33)21-13-12-18(17-30)19-10-8-9-11-20(19)21/h8-13,22-24,32H,7,14-16H2,1-6H3. The number of ether oxygens (including phenoxy) is 1. The van der Waals surface area contributed by atoms with Gasteiger partial charge in [0.2, 0.25) is 11.8 Å².